The Morgan fingerprint density at radius 1 is 1.10 bits per heavy atom. The lowest BCUT2D eigenvalue weighted by Gasteiger charge is -2.05. The number of nitrogens with zero attached hydrogens (tertiary/aromatic N) is 2. The van der Waals surface area contributed by atoms with Crippen LogP contribution in [-0.2, 0) is 6.54 Å². The van der Waals surface area contributed by atoms with Gasteiger partial charge in [0.2, 0.25) is 0 Å². The summed E-state index contributed by atoms with van der Waals surface area (Å²) in [5, 5.41) is 8.74. The van der Waals surface area contributed by atoms with Crippen molar-refractivity contribution in [3.8, 4) is 11.8 Å². The molecule has 3 rings (SSSR count). The number of rotatable bonds is 2. The number of hydrogen-bond donors (Lipinski definition) is 1. The summed E-state index contributed by atoms with van der Waals surface area (Å²) in [5.41, 5.74) is 4.21. The van der Waals surface area contributed by atoms with E-state index in [2.05, 4.69) is 33.5 Å². The average Bonchev–Trinajstić information content (AvgIpc) is 2.89. The second-order valence-electron chi connectivity index (χ2n) is 4.52. The van der Waals surface area contributed by atoms with Gasteiger partial charge in [-0.15, -0.1) is 0 Å². The molecule has 0 aliphatic carbocycles. The molecule has 0 bridgehead atoms. The van der Waals surface area contributed by atoms with Crippen LogP contribution in [0.25, 0.3) is 11.0 Å². The Labute approximate surface area is 117 Å². The maximum absolute atomic E-state index is 8.74. The van der Waals surface area contributed by atoms with Gasteiger partial charge >= 0.3 is 0 Å². The standard InChI is InChI=1S/C17H14N2O/c20-10-4-7-14-5-3-6-15(11-14)12-19-13-18-16-8-1-2-9-17(16)19/h1-3,5-6,8-9,11,13,20H,10,12H2. The second-order valence-corrected chi connectivity index (χ2v) is 4.52. The van der Waals surface area contributed by atoms with Gasteiger partial charge < -0.3 is 9.67 Å². The second kappa shape index (κ2) is 5.60. The van der Waals surface area contributed by atoms with E-state index in [0.29, 0.717) is 0 Å². The van der Waals surface area contributed by atoms with Crippen LogP contribution < -0.4 is 0 Å². The SMILES string of the molecule is OCC#Cc1cccc(Cn2cnc3ccccc32)c1. The van der Waals surface area contributed by atoms with Crippen molar-refractivity contribution in [2.75, 3.05) is 6.61 Å². The largest absolute Gasteiger partial charge is 0.384 e. The van der Waals surface area contributed by atoms with Gasteiger partial charge in [-0.1, -0.05) is 36.1 Å². The molecule has 0 spiro atoms. The fourth-order valence-electron chi connectivity index (χ4n) is 2.22. The Hall–Kier alpha value is -2.57. The molecule has 0 aliphatic heterocycles. The Kier molecular flexibility index (Phi) is 3.49. The molecule has 0 saturated heterocycles. The Morgan fingerprint density at radius 3 is 2.90 bits per heavy atom. The van der Waals surface area contributed by atoms with Crippen molar-refractivity contribution >= 4 is 11.0 Å². The lowest BCUT2D eigenvalue weighted by molar-refractivity contribution is 0.350. The average molecular weight is 262 g/mol. The maximum atomic E-state index is 8.74. The Bertz CT molecular complexity index is 793. The maximum Gasteiger partial charge on any atom is 0.104 e. The minimum atomic E-state index is -0.115. The molecule has 0 aliphatic rings. The lowest BCUT2D eigenvalue weighted by Crippen LogP contribution is -1.98. The number of imidazole rings is 1. The minimum absolute atomic E-state index is 0.115. The molecule has 0 fully saturated rings. The highest BCUT2D eigenvalue weighted by molar-refractivity contribution is 5.75. The van der Waals surface area contributed by atoms with E-state index in [1.54, 1.807) is 0 Å². The first-order valence-corrected chi connectivity index (χ1v) is 6.45. The highest BCUT2D eigenvalue weighted by atomic mass is 16.2. The summed E-state index contributed by atoms with van der Waals surface area (Å²) in [6.45, 7) is 0.644. The molecule has 2 aromatic carbocycles. The predicted molar refractivity (Wildman–Crippen MR) is 79.2 cm³/mol. The van der Waals surface area contributed by atoms with Crippen LogP contribution in [-0.4, -0.2) is 21.3 Å². The van der Waals surface area contributed by atoms with Crippen LogP contribution in [0, 0.1) is 11.8 Å². The van der Waals surface area contributed by atoms with E-state index in [9.17, 15) is 0 Å². The van der Waals surface area contributed by atoms with Crippen molar-refractivity contribution in [1.29, 1.82) is 0 Å². The number of fused-ring (bicyclic) bond motifs is 1. The predicted octanol–water partition coefficient (Wildman–Crippen LogP) is 2.43. The van der Waals surface area contributed by atoms with Crippen molar-refractivity contribution < 1.29 is 5.11 Å². The molecule has 3 aromatic rings. The highest BCUT2D eigenvalue weighted by Gasteiger charge is 2.02. The summed E-state index contributed by atoms with van der Waals surface area (Å²) in [6.07, 6.45) is 1.86. The van der Waals surface area contributed by atoms with Crippen LogP contribution in [0.5, 0.6) is 0 Å². The molecule has 0 atom stereocenters. The van der Waals surface area contributed by atoms with Gasteiger partial charge in [-0.2, -0.15) is 0 Å². The van der Waals surface area contributed by atoms with Gasteiger partial charge in [0.1, 0.15) is 6.61 Å². The van der Waals surface area contributed by atoms with Gasteiger partial charge in [0.05, 0.1) is 17.4 Å². The Morgan fingerprint density at radius 2 is 2.00 bits per heavy atom. The zero-order chi connectivity index (χ0) is 13.8. The molecule has 1 N–H and O–H groups in total. The van der Waals surface area contributed by atoms with Gasteiger partial charge in [0, 0.05) is 12.1 Å². The molecule has 0 saturated carbocycles. The number of aliphatic hydroxyl groups is 1. The van der Waals surface area contributed by atoms with E-state index in [4.69, 9.17) is 5.11 Å². The number of aromatic nitrogens is 2. The van der Waals surface area contributed by atoms with E-state index in [1.165, 1.54) is 0 Å². The van der Waals surface area contributed by atoms with Crippen molar-refractivity contribution in [2.24, 2.45) is 0 Å². The molecule has 3 heteroatoms. The van der Waals surface area contributed by atoms with Crippen molar-refractivity contribution in [2.45, 2.75) is 6.54 Å². The van der Waals surface area contributed by atoms with Crippen LogP contribution in [0.15, 0.2) is 54.9 Å². The zero-order valence-electron chi connectivity index (χ0n) is 11.0. The molecule has 0 amide bonds. The van der Waals surface area contributed by atoms with Gasteiger partial charge in [0.15, 0.2) is 0 Å². The smallest absolute Gasteiger partial charge is 0.104 e. The lowest BCUT2D eigenvalue weighted by atomic mass is 10.1. The molecule has 1 heterocycles. The summed E-state index contributed by atoms with van der Waals surface area (Å²) in [5.74, 6) is 5.59. The molecule has 98 valence electrons. The summed E-state index contributed by atoms with van der Waals surface area (Å²) >= 11 is 0. The van der Waals surface area contributed by atoms with E-state index in [-0.39, 0.29) is 6.61 Å². The number of benzene rings is 2. The topological polar surface area (TPSA) is 38.0 Å². The van der Waals surface area contributed by atoms with Crippen LogP contribution in [0.3, 0.4) is 0 Å². The van der Waals surface area contributed by atoms with E-state index < -0.39 is 0 Å². The first kappa shape index (κ1) is 12.5. The fourth-order valence-corrected chi connectivity index (χ4v) is 2.22. The molecule has 3 nitrogen and oxygen atoms in total. The summed E-state index contributed by atoms with van der Waals surface area (Å²) < 4.78 is 2.12. The first-order valence-electron chi connectivity index (χ1n) is 6.45. The minimum Gasteiger partial charge on any atom is -0.384 e. The van der Waals surface area contributed by atoms with Gasteiger partial charge in [0.25, 0.3) is 0 Å². The van der Waals surface area contributed by atoms with Crippen LogP contribution in [0.2, 0.25) is 0 Å². The zero-order valence-corrected chi connectivity index (χ0v) is 11.0. The quantitative estimate of drug-likeness (QED) is 0.720. The summed E-state index contributed by atoms with van der Waals surface area (Å²) in [7, 11) is 0. The molecular formula is C17H14N2O. The molecule has 1 aromatic heterocycles. The Balaban J connectivity index is 1.91. The number of hydrogen-bond acceptors (Lipinski definition) is 2. The summed E-state index contributed by atoms with van der Waals surface area (Å²) in [4.78, 5) is 4.39. The van der Waals surface area contributed by atoms with Crippen LogP contribution >= 0.6 is 0 Å². The van der Waals surface area contributed by atoms with E-state index >= 15 is 0 Å². The number of aliphatic hydroxyl groups excluding tert-OH is 1. The third-order valence-corrected chi connectivity index (χ3v) is 3.12. The molecule has 0 unspecified atom stereocenters. The third kappa shape index (κ3) is 2.56. The summed E-state index contributed by atoms with van der Waals surface area (Å²) in [6, 6.07) is 16.1. The van der Waals surface area contributed by atoms with Gasteiger partial charge in [-0.25, -0.2) is 4.98 Å². The van der Waals surface area contributed by atoms with Crippen LogP contribution in [0.4, 0.5) is 0 Å². The van der Waals surface area contributed by atoms with E-state index in [1.807, 2.05) is 42.7 Å². The third-order valence-electron chi connectivity index (χ3n) is 3.12. The van der Waals surface area contributed by atoms with Crippen molar-refractivity contribution in [3.05, 3.63) is 66.0 Å². The number of para-hydroxylation sites is 2. The fraction of sp³-hybridized carbons (Fsp3) is 0.118. The first-order chi connectivity index (χ1) is 9.86. The van der Waals surface area contributed by atoms with Gasteiger partial charge in [-0.05, 0) is 29.8 Å². The van der Waals surface area contributed by atoms with E-state index in [0.717, 1.165) is 28.7 Å². The van der Waals surface area contributed by atoms with Crippen LogP contribution in [0.1, 0.15) is 11.1 Å². The molecular weight excluding hydrogens is 248 g/mol. The normalized spacial score (nSPS) is 10.2. The van der Waals surface area contributed by atoms with Crippen molar-refractivity contribution in [3.63, 3.8) is 0 Å². The monoisotopic (exact) mass is 262 g/mol. The molecule has 0 radical (unpaired) electrons. The highest BCUT2D eigenvalue weighted by Crippen LogP contribution is 2.14. The van der Waals surface area contributed by atoms with Gasteiger partial charge in [-0.3, -0.25) is 0 Å². The molecule has 20 heavy (non-hydrogen) atoms. The van der Waals surface area contributed by atoms with Crippen molar-refractivity contribution in [1.82, 2.24) is 9.55 Å².